The fourth-order valence-corrected chi connectivity index (χ4v) is 2.49. The van der Waals surface area contributed by atoms with Gasteiger partial charge in [-0.3, -0.25) is 4.68 Å². The number of phenols is 1. The Morgan fingerprint density at radius 3 is 2.70 bits per heavy atom. The topological polar surface area (TPSA) is 81.7 Å². The van der Waals surface area contributed by atoms with E-state index in [4.69, 9.17) is 0 Å². The summed E-state index contributed by atoms with van der Waals surface area (Å²) < 4.78 is 3.39. The smallest absolute Gasteiger partial charge is 0.214 e. The molecule has 0 radical (unpaired) electrons. The van der Waals surface area contributed by atoms with E-state index in [9.17, 15) is 5.11 Å². The van der Waals surface area contributed by atoms with Crippen molar-refractivity contribution >= 4 is 11.8 Å². The minimum Gasteiger partial charge on any atom is -0.508 e. The second-order valence-corrected chi connectivity index (χ2v) is 5.10. The number of rotatable bonds is 4. The van der Waals surface area contributed by atoms with Crippen LogP contribution in [0.3, 0.4) is 0 Å². The molecule has 0 unspecified atom stereocenters. The summed E-state index contributed by atoms with van der Waals surface area (Å²) in [6.45, 7) is 0. The van der Waals surface area contributed by atoms with Gasteiger partial charge in [0.15, 0.2) is 0 Å². The number of thioether (sulfide) groups is 1. The third-order valence-corrected chi connectivity index (χ3v) is 3.61. The monoisotopic (exact) mass is 288 g/mol. The molecule has 20 heavy (non-hydrogen) atoms. The largest absolute Gasteiger partial charge is 0.508 e. The number of nitrogens with zero attached hydrogens (tertiary/aromatic N) is 6. The van der Waals surface area contributed by atoms with Crippen LogP contribution in [-0.4, -0.2) is 35.1 Å². The molecule has 1 N–H and O–H groups in total. The summed E-state index contributed by atoms with van der Waals surface area (Å²) in [5.74, 6) is 0.906. The Labute approximate surface area is 119 Å². The zero-order valence-corrected chi connectivity index (χ0v) is 11.5. The quantitative estimate of drug-likeness (QED) is 0.731. The van der Waals surface area contributed by atoms with Gasteiger partial charge in [-0.2, -0.15) is 9.78 Å². The maximum Gasteiger partial charge on any atom is 0.214 e. The molecule has 2 aromatic heterocycles. The van der Waals surface area contributed by atoms with E-state index in [2.05, 4.69) is 20.6 Å². The molecule has 0 saturated heterocycles. The van der Waals surface area contributed by atoms with Crippen LogP contribution in [0.25, 0.3) is 5.69 Å². The van der Waals surface area contributed by atoms with Crippen molar-refractivity contribution in [3.05, 3.63) is 42.2 Å². The molecule has 3 rings (SSSR count). The average molecular weight is 288 g/mol. The van der Waals surface area contributed by atoms with E-state index in [1.54, 1.807) is 33.6 Å². The summed E-state index contributed by atoms with van der Waals surface area (Å²) in [5.41, 5.74) is 1.77. The first-order valence-electron chi connectivity index (χ1n) is 5.91. The van der Waals surface area contributed by atoms with Crippen molar-refractivity contribution in [2.45, 2.75) is 10.9 Å². The zero-order chi connectivity index (χ0) is 13.9. The van der Waals surface area contributed by atoms with Crippen LogP contribution in [0.4, 0.5) is 0 Å². The van der Waals surface area contributed by atoms with Crippen molar-refractivity contribution in [1.29, 1.82) is 0 Å². The van der Waals surface area contributed by atoms with Crippen molar-refractivity contribution < 1.29 is 5.11 Å². The molecule has 0 spiro atoms. The first-order chi connectivity index (χ1) is 9.72. The summed E-state index contributed by atoms with van der Waals surface area (Å²) in [4.78, 5) is 0. The molecule has 0 amide bonds. The van der Waals surface area contributed by atoms with Crippen molar-refractivity contribution in [2.75, 3.05) is 0 Å². The molecule has 0 aliphatic carbocycles. The van der Waals surface area contributed by atoms with Crippen LogP contribution in [-0.2, 0) is 12.8 Å². The van der Waals surface area contributed by atoms with Crippen LogP contribution in [0, 0.1) is 0 Å². The fourth-order valence-electron chi connectivity index (χ4n) is 1.70. The van der Waals surface area contributed by atoms with E-state index in [0.29, 0.717) is 10.9 Å². The van der Waals surface area contributed by atoms with Crippen LogP contribution in [0.1, 0.15) is 5.69 Å². The molecular formula is C12H12N6OS. The third-order valence-electron chi connectivity index (χ3n) is 2.65. The van der Waals surface area contributed by atoms with Gasteiger partial charge in [0.05, 0.1) is 11.4 Å². The predicted octanol–water partition coefficient (Wildman–Crippen LogP) is 1.39. The summed E-state index contributed by atoms with van der Waals surface area (Å²) in [5, 5.41) is 26.0. The Hall–Kier alpha value is -2.35. The summed E-state index contributed by atoms with van der Waals surface area (Å²) in [6.07, 6.45) is 1.90. The van der Waals surface area contributed by atoms with E-state index in [1.807, 2.05) is 19.3 Å². The molecule has 7 nitrogen and oxygen atoms in total. The van der Waals surface area contributed by atoms with Crippen molar-refractivity contribution in [2.24, 2.45) is 7.05 Å². The van der Waals surface area contributed by atoms with Gasteiger partial charge in [0.1, 0.15) is 5.75 Å². The number of hydrogen-bond donors (Lipinski definition) is 1. The lowest BCUT2D eigenvalue weighted by atomic mass is 10.3. The number of aromatic hydroxyl groups is 1. The van der Waals surface area contributed by atoms with Crippen molar-refractivity contribution in [1.82, 2.24) is 30.0 Å². The van der Waals surface area contributed by atoms with Crippen LogP contribution in [0.2, 0.25) is 0 Å². The van der Waals surface area contributed by atoms with E-state index in [-0.39, 0.29) is 5.75 Å². The molecule has 0 aliphatic rings. The molecule has 0 aliphatic heterocycles. The summed E-state index contributed by atoms with van der Waals surface area (Å²) in [7, 11) is 1.88. The Morgan fingerprint density at radius 2 is 2.00 bits per heavy atom. The second-order valence-electron chi connectivity index (χ2n) is 4.16. The van der Waals surface area contributed by atoms with Gasteiger partial charge in [0, 0.05) is 19.0 Å². The molecule has 3 aromatic rings. The number of aromatic nitrogens is 6. The van der Waals surface area contributed by atoms with E-state index < -0.39 is 0 Å². The van der Waals surface area contributed by atoms with Gasteiger partial charge in [-0.1, -0.05) is 11.8 Å². The van der Waals surface area contributed by atoms with Crippen LogP contribution >= 0.6 is 11.8 Å². The molecule has 0 fully saturated rings. The van der Waals surface area contributed by atoms with Gasteiger partial charge in [-0.25, -0.2) is 0 Å². The van der Waals surface area contributed by atoms with Crippen LogP contribution < -0.4 is 0 Å². The Kier molecular flexibility index (Phi) is 3.38. The van der Waals surface area contributed by atoms with Gasteiger partial charge in [-0.05, 0) is 40.8 Å². The SMILES string of the molecule is Cn1ccc(CSc2nnnn2-c2ccc(O)cc2)n1. The molecule has 0 saturated carbocycles. The molecule has 2 heterocycles. The maximum absolute atomic E-state index is 9.30. The highest BCUT2D eigenvalue weighted by Crippen LogP contribution is 2.22. The van der Waals surface area contributed by atoms with Gasteiger partial charge < -0.3 is 5.11 Å². The Balaban J connectivity index is 1.78. The Bertz CT molecular complexity index is 705. The number of tetrazole rings is 1. The number of aryl methyl sites for hydroxylation is 1. The highest BCUT2D eigenvalue weighted by atomic mass is 32.2. The number of benzene rings is 1. The van der Waals surface area contributed by atoms with Crippen molar-refractivity contribution in [3.63, 3.8) is 0 Å². The number of phenolic OH excluding ortho intramolecular Hbond substituents is 1. The van der Waals surface area contributed by atoms with Gasteiger partial charge in [0.2, 0.25) is 5.16 Å². The summed E-state index contributed by atoms with van der Waals surface area (Å²) >= 11 is 1.51. The van der Waals surface area contributed by atoms with Crippen molar-refractivity contribution in [3.8, 4) is 11.4 Å². The fraction of sp³-hybridized carbons (Fsp3) is 0.167. The second kappa shape index (κ2) is 5.33. The van der Waals surface area contributed by atoms with Crippen LogP contribution in [0.5, 0.6) is 5.75 Å². The molecule has 1 aromatic carbocycles. The minimum atomic E-state index is 0.213. The number of hydrogen-bond acceptors (Lipinski definition) is 6. The molecular weight excluding hydrogens is 276 g/mol. The molecule has 8 heteroatoms. The normalized spacial score (nSPS) is 10.8. The average Bonchev–Trinajstić information content (AvgIpc) is 3.06. The Morgan fingerprint density at radius 1 is 1.20 bits per heavy atom. The third kappa shape index (κ3) is 2.64. The van der Waals surface area contributed by atoms with Gasteiger partial charge >= 0.3 is 0 Å². The summed E-state index contributed by atoms with van der Waals surface area (Å²) in [6, 6.07) is 8.68. The lowest BCUT2D eigenvalue weighted by Gasteiger charge is -2.03. The lowest BCUT2D eigenvalue weighted by molar-refractivity contribution is 0.475. The van der Waals surface area contributed by atoms with Gasteiger partial charge in [0.25, 0.3) is 0 Å². The highest BCUT2D eigenvalue weighted by molar-refractivity contribution is 7.98. The first kappa shape index (κ1) is 12.7. The van der Waals surface area contributed by atoms with E-state index >= 15 is 0 Å². The van der Waals surface area contributed by atoms with Gasteiger partial charge in [-0.15, -0.1) is 5.10 Å². The maximum atomic E-state index is 9.30. The predicted molar refractivity (Wildman–Crippen MR) is 73.6 cm³/mol. The molecule has 0 bridgehead atoms. The first-order valence-corrected chi connectivity index (χ1v) is 6.90. The molecule has 0 atom stereocenters. The lowest BCUT2D eigenvalue weighted by Crippen LogP contribution is -1.99. The molecule has 102 valence electrons. The van der Waals surface area contributed by atoms with E-state index in [1.165, 1.54) is 11.8 Å². The minimum absolute atomic E-state index is 0.213. The van der Waals surface area contributed by atoms with Crippen LogP contribution in [0.15, 0.2) is 41.7 Å². The standard InChI is InChI=1S/C12H12N6OS/c1-17-7-6-9(14-17)8-20-12-13-15-16-18(12)10-2-4-11(19)5-3-10/h2-7,19H,8H2,1H3. The highest BCUT2D eigenvalue weighted by Gasteiger charge is 2.10. The van der Waals surface area contributed by atoms with E-state index in [0.717, 1.165) is 11.4 Å². The zero-order valence-electron chi connectivity index (χ0n) is 10.7.